The predicted octanol–water partition coefficient (Wildman–Crippen LogP) is 2.76. The van der Waals surface area contributed by atoms with E-state index in [1.165, 1.54) is 0 Å². The third-order valence-electron chi connectivity index (χ3n) is 5.66. The molecule has 0 spiro atoms. The van der Waals surface area contributed by atoms with Gasteiger partial charge in [0.15, 0.2) is 0 Å². The van der Waals surface area contributed by atoms with Crippen molar-refractivity contribution in [3.05, 3.63) is 47.3 Å². The van der Waals surface area contributed by atoms with Crippen LogP contribution >= 0.6 is 0 Å². The molecular formula is C22H27N5O3. The molecule has 4 rings (SSSR count). The minimum absolute atomic E-state index is 0.0860. The number of aryl methyl sites for hydroxylation is 2. The van der Waals surface area contributed by atoms with Crippen LogP contribution in [0.2, 0.25) is 0 Å². The van der Waals surface area contributed by atoms with Gasteiger partial charge in [-0.1, -0.05) is 12.1 Å². The van der Waals surface area contributed by atoms with Crippen LogP contribution < -0.4 is 5.32 Å². The van der Waals surface area contributed by atoms with Gasteiger partial charge in [-0.3, -0.25) is 14.7 Å². The van der Waals surface area contributed by atoms with Crippen molar-refractivity contribution >= 4 is 23.0 Å². The normalized spacial score (nSPS) is 15.5. The number of pyridine rings is 1. The van der Waals surface area contributed by atoms with E-state index in [0.717, 1.165) is 54.2 Å². The summed E-state index contributed by atoms with van der Waals surface area (Å²) in [7, 11) is 0. The van der Waals surface area contributed by atoms with Crippen LogP contribution in [-0.4, -0.2) is 61.3 Å². The summed E-state index contributed by atoms with van der Waals surface area (Å²) in [6.45, 7) is 5.92. The number of nitrogens with one attached hydrogen (secondary N) is 1. The van der Waals surface area contributed by atoms with E-state index in [9.17, 15) is 9.90 Å². The number of rotatable bonds is 6. The highest BCUT2D eigenvalue weighted by atomic mass is 16.4. The topological polar surface area (TPSA) is 104 Å². The molecule has 0 atom stereocenters. The second-order valence-corrected chi connectivity index (χ2v) is 7.97. The molecule has 2 aromatic heterocycles. The van der Waals surface area contributed by atoms with E-state index in [2.05, 4.69) is 14.9 Å². The van der Waals surface area contributed by atoms with Gasteiger partial charge in [-0.2, -0.15) is 0 Å². The largest absolute Gasteiger partial charge is 0.506 e. The first-order chi connectivity index (χ1) is 14.4. The lowest BCUT2D eigenvalue weighted by Crippen LogP contribution is -2.41. The van der Waals surface area contributed by atoms with Crippen LogP contribution in [0.5, 0.6) is 5.75 Å². The Morgan fingerprint density at radius 2 is 1.93 bits per heavy atom. The molecular weight excluding hydrogens is 382 g/mol. The van der Waals surface area contributed by atoms with Crippen LogP contribution in [0.1, 0.15) is 29.8 Å². The maximum atomic E-state index is 10.9. The maximum Gasteiger partial charge on any atom is 0.317 e. The molecule has 3 heterocycles. The molecule has 0 bridgehead atoms. The van der Waals surface area contributed by atoms with Gasteiger partial charge < -0.3 is 20.1 Å². The molecule has 30 heavy (non-hydrogen) atoms. The van der Waals surface area contributed by atoms with Crippen molar-refractivity contribution < 1.29 is 15.0 Å². The molecule has 0 aliphatic carbocycles. The van der Waals surface area contributed by atoms with Crippen LogP contribution in [-0.2, 0) is 11.3 Å². The van der Waals surface area contributed by atoms with Crippen LogP contribution in [0.25, 0.3) is 11.0 Å². The minimum Gasteiger partial charge on any atom is -0.506 e. The van der Waals surface area contributed by atoms with Gasteiger partial charge in [0.2, 0.25) is 5.95 Å². The number of carboxylic acid groups (broad SMARTS) is 1. The van der Waals surface area contributed by atoms with Gasteiger partial charge in [0.05, 0.1) is 24.1 Å². The van der Waals surface area contributed by atoms with Crippen molar-refractivity contribution in [1.82, 2.24) is 19.4 Å². The van der Waals surface area contributed by atoms with Gasteiger partial charge in [0.25, 0.3) is 0 Å². The number of likely N-dealkylation sites (tertiary alicyclic amines) is 1. The lowest BCUT2D eigenvalue weighted by molar-refractivity contribution is -0.138. The molecule has 3 N–H and O–H groups in total. The molecule has 1 aromatic carbocycles. The van der Waals surface area contributed by atoms with Crippen molar-refractivity contribution in [2.24, 2.45) is 0 Å². The number of fused-ring (bicyclic) bond motifs is 1. The van der Waals surface area contributed by atoms with Crippen LogP contribution in [0.4, 0.5) is 5.95 Å². The summed E-state index contributed by atoms with van der Waals surface area (Å²) in [4.78, 5) is 22.3. The Hall–Kier alpha value is -3.13. The number of aliphatic carboxylic acids is 1. The Bertz CT molecular complexity index is 1070. The molecule has 1 aliphatic rings. The molecule has 0 saturated carbocycles. The fraction of sp³-hybridized carbons (Fsp3) is 0.409. The molecule has 0 amide bonds. The van der Waals surface area contributed by atoms with E-state index in [4.69, 9.17) is 10.1 Å². The number of carbonyl (C=O) groups is 1. The molecule has 8 nitrogen and oxygen atoms in total. The molecule has 1 aliphatic heterocycles. The van der Waals surface area contributed by atoms with Crippen LogP contribution in [0, 0.1) is 13.8 Å². The second-order valence-electron chi connectivity index (χ2n) is 7.97. The summed E-state index contributed by atoms with van der Waals surface area (Å²) in [6.07, 6.45) is 1.70. The smallest absolute Gasteiger partial charge is 0.317 e. The molecule has 3 aromatic rings. The van der Waals surface area contributed by atoms with E-state index in [1.807, 2.05) is 36.9 Å². The zero-order valence-corrected chi connectivity index (χ0v) is 17.3. The molecule has 0 unspecified atom stereocenters. The number of imidazole rings is 1. The SMILES string of the molecule is Cc1ccc(O)c(Cn2c(NC3CCN(CC(=O)O)CC3)nc3c(C)cccc32)n1. The number of hydrogen-bond donors (Lipinski definition) is 3. The lowest BCUT2D eigenvalue weighted by atomic mass is 10.1. The highest BCUT2D eigenvalue weighted by molar-refractivity contribution is 5.82. The number of aromatic nitrogens is 3. The third kappa shape index (κ3) is 4.23. The van der Waals surface area contributed by atoms with Crippen molar-refractivity contribution in [2.75, 3.05) is 25.0 Å². The van der Waals surface area contributed by atoms with Gasteiger partial charge in [0, 0.05) is 24.8 Å². The lowest BCUT2D eigenvalue weighted by Gasteiger charge is -2.31. The molecule has 8 heteroatoms. The first-order valence-corrected chi connectivity index (χ1v) is 10.2. The minimum atomic E-state index is -0.788. The van der Waals surface area contributed by atoms with Crippen LogP contribution in [0.3, 0.4) is 0 Å². The van der Waals surface area contributed by atoms with E-state index in [0.29, 0.717) is 12.2 Å². The fourth-order valence-electron chi connectivity index (χ4n) is 4.04. The van der Waals surface area contributed by atoms with Gasteiger partial charge in [-0.25, -0.2) is 4.98 Å². The zero-order valence-electron chi connectivity index (χ0n) is 17.3. The van der Waals surface area contributed by atoms with Crippen molar-refractivity contribution in [3.63, 3.8) is 0 Å². The second kappa shape index (κ2) is 8.31. The number of aromatic hydroxyl groups is 1. The standard InChI is InChI=1S/C22H27N5O3/c1-14-4-3-5-18-21(14)25-22(24-16-8-10-26(11-9-16)13-20(29)30)27(18)12-17-19(28)7-6-15(2)23-17/h3-7,16,28H,8-13H2,1-2H3,(H,24,25)(H,29,30). The van der Waals surface area contributed by atoms with Gasteiger partial charge in [-0.15, -0.1) is 0 Å². The van der Waals surface area contributed by atoms with E-state index in [1.54, 1.807) is 12.1 Å². The number of piperidine rings is 1. The first kappa shape index (κ1) is 20.2. The fourth-order valence-corrected chi connectivity index (χ4v) is 4.04. The number of para-hydroxylation sites is 1. The average Bonchev–Trinajstić information content (AvgIpc) is 3.04. The van der Waals surface area contributed by atoms with Gasteiger partial charge in [-0.05, 0) is 50.5 Å². The number of anilines is 1. The highest BCUT2D eigenvalue weighted by Crippen LogP contribution is 2.27. The third-order valence-corrected chi connectivity index (χ3v) is 5.66. The number of hydrogen-bond acceptors (Lipinski definition) is 6. The quantitative estimate of drug-likeness (QED) is 0.575. The number of benzene rings is 1. The summed E-state index contributed by atoms with van der Waals surface area (Å²) in [6, 6.07) is 9.75. The van der Waals surface area contributed by atoms with E-state index in [-0.39, 0.29) is 18.3 Å². The Morgan fingerprint density at radius 3 is 2.67 bits per heavy atom. The van der Waals surface area contributed by atoms with E-state index >= 15 is 0 Å². The van der Waals surface area contributed by atoms with Crippen LogP contribution in [0.15, 0.2) is 30.3 Å². The maximum absolute atomic E-state index is 10.9. The predicted molar refractivity (Wildman–Crippen MR) is 115 cm³/mol. The number of nitrogens with zero attached hydrogens (tertiary/aromatic N) is 4. The summed E-state index contributed by atoms with van der Waals surface area (Å²) < 4.78 is 2.06. The molecule has 0 radical (unpaired) electrons. The van der Waals surface area contributed by atoms with Crippen molar-refractivity contribution in [2.45, 2.75) is 39.3 Å². The summed E-state index contributed by atoms with van der Waals surface area (Å²) >= 11 is 0. The Kier molecular flexibility index (Phi) is 5.59. The molecule has 158 valence electrons. The van der Waals surface area contributed by atoms with Crippen molar-refractivity contribution in [1.29, 1.82) is 0 Å². The average molecular weight is 409 g/mol. The summed E-state index contributed by atoms with van der Waals surface area (Å²) in [5, 5.41) is 22.9. The van der Waals surface area contributed by atoms with Gasteiger partial charge >= 0.3 is 5.97 Å². The monoisotopic (exact) mass is 409 g/mol. The summed E-state index contributed by atoms with van der Waals surface area (Å²) in [5.74, 6) is 0.130. The van der Waals surface area contributed by atoms with E-state index < -0.39 is 5.97 Å². The Labute approximate surface area is 175 Å². The molecule has 1 saturated heterocycles. The first-order valence-electron chi connectivity index (χ1n) is 10.2. The van der Waals surface area contributed by atoms with Crippen molar-refractivity contribution in [3.8, 4) is 5.75 Å². The summed E-state index contributed by atoms with van der Waals surface area (Å²) in [5.41, 5.74) is 4.46. The highest BCUT2D eigenvalue weighted by Gasteiger charge is 2.23. The Balaban J connectivity index is 1.61. The van der Waals surface area contributed by atoms with Gasteiger partial charge in [0.1, 0.15) is 11.4 Å². The Morgan fingerprint density at radius 1 is 1.17 bits per heavy atom. The number of carboxylic acids is 1. The zero-order chi connectivity index (χ0) is 21.3. The molecule has 1 fully saturated rings.